The van der Waals surface area contributed by atoms with Gasteiger partial charge in [0, 0.05) is 35.4 Å². The molecule has 0 unspecified atom stereocenters. The van der Waals surface area contributed by atoms with Crippen LogP contribution < -0.4 is 28.0 Å². The van der Waals surface area contributed by atoms with Crippen LogP contribution in [-0.4, -0.2) is 34.2 Å². The molecule has 0 saturated carbocycles. The fraction of sp³-hybridized carbons (Fsp3) is 0.133. The Morgan fingerprint density at radius 1 is 0.700 bits per heavy atom. The highest BCUT2D eigenvalue weighted by Gasteiger charge is 2.08. The van der Waals surface area contributed by atoms with Gasteiger partial charge in [-0.3, -0.25) is 9.97 Å². The van der Waals surface area contributed by atoms with Crippen LogP contribution in [0.2, 0.25) is 0 Å². The highest BCUT2D eigenvalue weighted by Crippen LogP contribution is 2.19. The fourth-order valence-corrected chi connectivity index (χ4v) is 1.93. The topological polar surface area (TPSA) is 243 Å². The van der Waals surface area contributed by atoms with Crippen LogP contribution in [0.5, 0.6) is 0 Å². The van der Waals surface area contributed by atoms with E-state index in [0.29, 0.717) is 17.5 Å². The maximum atomic E-state index is 8.60. The summed E-state index contributed by atoms with van der Waals surface area (Å²) < 4.78 is 65.4. The van der Waals surface area contributed by atoms with Crippen molar-refractivity contribution in [3.63, 3.8) is 0 Å². The Kier molecular flexibility index (Phi) is 9.47. The Morgan fingerprint density at radius 2 is 1.13 bits per heavy atom. The predicted octanol–water partition coefficient (Wildman–Crippen LogP) is -5.64. The molecule has 3 aromatic rings. The predicted molar refractivity (Wildman–Crippen MR) is 80.2 cm³/mol. The van der Waals surface area contributed by atoms with E-state index < -0.39 is 20.5 Å². The van der Waals surface area contributed by atoms with Gasteiger partial charge in [0.05, 0.1) is 29.8 Å². The van der Waals surface area contributed by atoms with Crippen molar-refractivity contribution in [3.05, 3.63) is 54.4 Å². The number of hydrogen-bond donors (Lipinski definition) is 2. The monoisotopic (exact) mass is 463 g/mol. The summed E-state index contributed by atoms with van der Waals surface area (Å²) in [5.74, 6) is 2.01. The number of halogens is 2. The zero-order chi connectivity index (χ0) is 22.9. The minimum absolute atomic E-state index is 0.657. The highest BCUT2D eigenvalue weighted by molar-refractivity contribution is 5.60. The van der Waals surface area contributed by atoms with E-state index in [1.165, 1.54) is 0 Å². The van der Waals surface area contributed by atoms with Crippen LogP contribution in [0, 0.1) is 34.3 Å². The highest BCUT2D eigenvalue weighted by atomic mass is 35.7. The van der Waals surface area contributed by atoms with Gasteiger partial charge in [0.25, 0.3) is 0 Å². The Labute approximate surface area is 174 Å². The summed E-state index contributed by atoms with van der Waals surface area (Å²) in [6, 6.07) is 7.63. The normalized spacial score (nSPS) is 11.0. The van der Waals surface area contributed by atoms with Crippen LogP contribution in [0.25, 0.3) is 22.8 Å². The number of aromatic nitrogens is 5. The molecule has 0 spiro atoms. The molecule has 0 bridgehead atoms. The van der Waals surface area contributed by atoms with E-state index in [4.69, 9.17) is 37.3 Å². The summed E-state index contributed by atoms with van der Waals surface area (Å²) in [5, 5.41) is 0. The third-order valence-corrected chi connectivity index (χ3v) is 2.84. The standard InChI is InChI=1S/C15H13N5.2ClHO4/c1-10-9-13(5-8-17-10)15-19-11(2)18-14(20-15)12-3-6-16-7-4-12;2*2-1(3,4)5/h3-9H,1-2H3;2*(H,2,3,4,5). The fourth-order valence-electron chi connectivity index (χ4n) is 1.93. The molecule has 0 radical (unpaired) electrons. The lowest BCUT2D eigenvalue weighted by molar-refractivity contribution is -1.92. The molecule has 13 nitrogen and oxygen atoms in total. The van der Waals surface area contributed by atoms with E-state index in [9.17, 15) is 0 Å². The Hall–Kier alpha value is -2.43. The van der Waals surface area contributed by atoms with Gasteiger partial charge in [-0.05, 0) is 38.1 Å². The van der Waals surface area contributed by atoms with Crippen molar-refractivity contribution in [1.29, 1.82) is 0 Å². The van der Waals surface area contributed by atoms with Crippen molar-refractivity contribution in [2.24, 2.45) is 0 Å². The maximum Gasteiger partial charge on any atom is 0.163 e. The smallest absolute Gasteiger partial charge is 0.163 e. The Bertz CT molecular complexity index is 914. The Morgan fingerprint density at radius 3 is 1.60 bits per heavy atom. The molecule has 3 rings (SSSR count). The summed E-state index contributed by atoms with van der Waals surface area (Å²) in [6.07, 6.45) is 5.21. The largest absolute Gasteiger partial charge is 0.265 e. The van der Waals surface area contributed by atoms with Gasteiger partial charge in [-0.2, -0.15) is 28.0 Å². The van der Waals surface area contributed by atoms with Crippen molar-refractivity contribution >= 4 is 0 Å². The van der Waals surface area contributed by atoms with Crippen LogP contribution in [-0.2, 0) is 0 Å². The number of pyridine rings is 2. The molecule has 162 valence electrons. The number of rotatable bonds is 2. The van der Waals surface area contributed by atoms with E-state index in [1.54, 1.807) is 18.6 Å². The molecule has 0 saturated heterocycles. The lowest BCUT2D eigenvalue weighted by Crippen LogP contribution is -2.58. The summed E-state index contributed by atoms with van der Waals surface area (Å²) in [4.78, 5) is 21.5. The van der Waals surface area contributed by atoms with Crippen molar-refractivity contribution in [3.8, 4) is 22.8 Å². The van der Waals surface area contributed by atoms with Crippen molar-refractivity contribution < 1.29 is 57.8 Å². The van der Waals surface area contributed by atoms with Gasteiger partial charge in [-0.25, -0.2) is 15.0 Å². The third-order valence-electron chi connectivity index (χ3n) is 2.84. The van der Waals surface area contributed by atoms with Gasteiger partial charge in [-0.15, -0.1) is 0 Å². The van der Waals surface area contributed by atoms with Crippen LogP contribution in [0.1, 0.15) is 11.5 Å². The second-order valence-corrected chi connectivity index (χ2v) is 6.83. The minimum Gasteiger partial charge on any atom is -0.265 e. The average molecular weight is 464 g/mol. The van der Waals surface area contributed by atoms with Crippen LogP contribution >= 0.6 is 0 Å². The summed E-state index contributed by atoms with van der Waals surface area (Å²) in [7, 11) is -9.39. The van der Waals surface area contributed by atoms with Gasteiger partial charge < -0.3 is 0 Å². The van der Waals surface area contributed by atoms with Crippen LogP contribution in [0.4, 0.5) is 0 Å². The average Bonchev–Trinajstić information content (AvgIpc) is 2.59. The number of nitrogens with zero attached hydrogens (tertiary/aromatic N) is 5. The molecule has 0 atom stereocenters. The molecule has 0 aliphatic heterocycles. The molecule has 3 heterocycles. The van der Waals surface area contributed by atoms with E-state index in [2.05, 4.69) is 24.9 Å². The molecule has 0 aliphatic rings. The molecule has 30 heavy (non-hydrogen) atoms. The lowest BCUT2D eigenvalue weighted by atomic mass is 10.2. The van der Waals surface area contributed by atoms with Gasteiger partial charge >= 0.3 is 0 Å². The molecule has 2 N–H and O–H groups in total. The maximum absolute atomic E-state index is 8.60. The lowest BCUT2D eigenvalue weighted by Gasteiger charge is -2.05. The van der Waals surface area contributed by atoms with Gasteiger partial charge in [-0.1, -0.05) is 0 Å². The quantitative estimate of drug-likeness (QED) is 0.360. The SMILES string of the molecule is Cc1cc(-c2nc(C)nc(-c3ccncc3)n2)ccn1.[O-][Cl+3]([O-])([O-])O.[O-][Cl+3]([O-])([O-])O. The number of hydrogen-bond acceptors (Lipinski definition) is 13. The zero-order valence-electron chi connectivity index (χ0n) is 15.4. The molecular formula is C15H15Cl2N5O8. The Balaban J connectivity index is 0.000000378. The second kappa shape index (κ2) is 11.1. The first-order chi connectivity index (χ1) is 13.7. The van der Waals surface area contributed by atoms with Crippen molar-refractivity contribution in [1.82, 2.24) is 24.9 Å². The summed E-state index contributed by atoms with van der Waals surface area (Å²) >= 11 is 0. The summed E-state index contributed by atoms with van der Waals surface area (Å²) in [6.45, 7) is 3.81. The van der Waals surface area contributed by atoms with Gasteiger partial charge in [0.1, 0.15) is 5.82 Å². The molecule has 0 aromatic carbocycles. The van der Waals surface area contributed by atoms with E-state index in [-0.39, 0.29) is 0 Å². The first kappa shape index (κ1) is 25.6. The van der Waals surface area contributed by atoms with E-state index in [1.807, 2.05) is 38.1 Å². The zero-order valence-corrected chi connectivity index (χ0v) is 16.9. The first-order valence-corrected chi connectivity index (χ1v) is 10.1. The first-order valence-electron chi connectivity index (χ1n) is 7.55. The van der Waals surface area contributed by atoms with Crippen molar-refractivity contribution in [2.45, 2.75) is 13.8 Å². The minimum atomic E-state index is -4.69. The van der Waals surface area contributed by atoms with Crippen LogP contribution in [0.3, 0.4) is 0 Å². The molecular weight excluding hydrogens is 449 g/mol. The summed E-state index contributed by atoms with van der Waals surface area (Å²) in [5.41, 5.74) is 2.81. The second-order valence-electron chi connectivity index (χ2n) is 5.24. The third kappa shape index (κ3) is 12.2. The molecule has 15 heteroatoms. The van der Waals surface area contributed by atoms with Crippen LogP contribution in [0.15, 0.2) is 42.9 Å². The van der Waals surface area contributed by atoms with Crippen molar-refractivity contribution in [2.75, 3.05) is 0 Å². The van der Waals surface area contributed by atoms with E-state index >= 15 is 0 Å². The molecule has 3 aromatic heterocycles. The molecule has 0 aliphatic carbocycles. The number of aryl methyl sites for hydroxylation is 2. The molecule has 0 amide bonds. The van der Waals surface area contributed by atoms with E-state index in [0.717, 1.165) is 16.8 Å². The molecule has 0 fully saturated rings. The van der Waals surface area contributed by atoms with Gasteiger partial charge in [0.2, 0.25) is 0 Å². The van der Waals surface area contributed by atoms with Gasteiger partial charge in [0.15, 0.2) is 11.6 Å².